The molecule has 0 heterocycles. The fourth-order valence-electron chi connectivity index (χ4n) is 1.11. The van der Waals surface area contributed by atoms with Gasteiger partial charge in [-0.2, -0.15) is 0 Å². The lowest BCUT2D eigenvalue weighted by Gasteiger charge is -2.08. The summed E-state index contributed by atoms with van der Waals surface area (Å²) >= 11 is 5.72. The fourth-order valence-corrected chi connectivity index (χ4v) is 1.24. The van der Waals surface area contributed by atoms with E-state index in [0.29, 0.717) is 11.4 Å². The molecule has 1 aromatic rings. The van der Waals surface area contributed by atoms with Crippen LogP contribution in [0.25, 0.3) is 0 Å². The SMILES string of the molecule is COC(=O)C(N)Cc1ccc(Cl)cc1.[Cl-]. The minimum Gasteiger partial charge on any atom is -1.00 e. The number of nitrogens with two attached hydrogens (primary N) is 1. The van der Waals surface area contributed by atoms with Gasteiger partial charge in [0.2, 0.25) is 0 Å². The summed E-state index contributed by atoms with van der Waals surface area (Å²) in [4.78, 5) is 11.0. The molecular weight excluding hydrogens is 237 g/mol. The molecule has 0 amide bonds. The van der Waals surface area contributed by atoms with Crippen LogP contribution in [0.15, 0.2) is 24.3 Å². The number of hydrogen-bond donors (Lipinski definition) is 1. The molecule has 0 spiro atoms. The molecule has 2 N–H and O–H groups in total. The summed E-state index contributed by atoms with van der Waals surface area (Å²) in [5.74, 6) is -0.403. The predicted molar refractivity (Wildman–Crippen MR) is 55.1 cm³/mol. The van der Waals surface area contributed by atoms with Gasteiger partial charge >= 0.3 is 5.97 Å². The van der Waals surface area contributed by atoms with Crippen molar-refractivity contribution >= 4 is 17.6 Å². The smallest absolute Gasteiger partial charge is 0.322 e. The summed E-state index contributed by atoms with van der Waals surface area (Å²) in [5.41, 5.74) is 6.56. The van der Waals surface area contributed by atoms with E-state index in [2.05, 4.69) is 4.74 Å². The zero-order valence-corrected chi connectivity index (χ0v) is 9.76. The number of ether oxygens (including phenoxy) is 1. The number of rotatable bonds is 3. The molecule has 15 heavy (non-hydrogen) atoms. The molecule has 0 radical (unpaired) electrons. The lowest BCUT2D eigenvalue weighted by Crippen LogP contribution is -3.00. The third kappa shape index (κ3) is 4.51. The number of benzene rings is 1. The molecule has 84 valence electrons. The Morgan fingerprint density at radius 1 is 1.47 bits per heavy atom. The molecule has 0 aliphatic heterocycles. The first-order chi connectivity index (χ1) is 6.63. The lowest BCUT2D eigenvalue weighted by molar-refractivity contribution is -0.142. The molecule has 0 aliphatic carbocycles. The van der Waals surface area contributed by atoms with Crippen molar-refractivity contribution in [1.82, 2.24) is 0 Å². The van der Waals surface area contributed by atoms with Crippen LogP contribution in [0.1, 0.15) is 5.56 Å². The van der Waals surface area contributed by atoms with Crippen molar-refractivity contribution in [3.63, 3.8) is 0 Å². The van der Waals surface area contributed by atoms with Crippen molar-refractivity contribution in [3.8, 4) is 0 Å². The first-order valence-electron chi connectivity index (χ1n) is 4.21. The van der Waals surface area contributed by atoms with Gasteiger partial charge in [-0.3, -0.25) is 4.79 Å². The van der Waals surface area contributed by atoms with E-state index in [4.69, 9.17) is 17.3 Å². The van der Waals surface area contributed by atoms with Crippen molar-refractivity contribution in [3.05, 3.63) is 34.9 Å². The maximum Gasteiger partial charge on any atom is 0.322 e. The summed E-state index contributed by atoms with van der Waals surface area (Å²) < 4.78 is 4.52. The molecule has 0 fully saturated rings. The van der Waals surface area contributed by atoms with Gasteiger partial charge in [-0.25, -0.2) is 0 Å². The third-order valence-corrected chi connectivity index (χ3v) is 2.12. The molecule has 3 nitrogen and oxygen atoms in total. The Morgan fingerprint density at radius 2 is 2.00 bits per heavy atom. The van der Waals surface area contributed by atoms with Gasteiger partial charge in [-0.1, -0.05) is 23.7 Å². The molecule has 0 saturated heterocycles. The van der Waals surface area contributed by atoms with Crippen LogP contribution in [0, 0.1) is 0 Å². The number of esters is 1. The Morgan fingerprint density at radius 3 is 2.47 bits per heavy atom. The van der Waals surface area contributed by atoms with Crippen LogP contribution in [0.2, 0.25) is 5.02 Å². The van der Waals surface area contributed by atoms with Crippen molar-refractivity contribution in [1.29, 1.82) is 0 Å². The highest BCUT2D eigenvalue weighted by Crippen LogP contribution is 2.10. The molecule has 0 aromatic heterocycles. The van der Waals surface area contributed by atoms with Gasteiger partial charge in [-0.05, 0) is 24.1 Å². The molecule has 1 unspecified atom stereocenters. The minimum absolute atomic E-state index is 0. The van der Waals surface area contributed by atoms with Crippen LogP contribution < -0.4 is 18.1 Å². The zero-order valence-electron chi connectivity index (χ0n) is 8.24. The zero-order chi connectivity index (χ0) is 10.6. The van der Waals surface area contributed by atoms with Gasteiger partial charge in [0.1, 0.15) is 6.04 Å². The number of methoxy groups -OCH3 is 1. The normalized spacial score (nSPS) is 11.4. The van der Waals surface area contributed by atoms with Crippen LogP contribution in [0.5, 0.6) is 0 Å². The topological polar surface area (TPSA) is 52.3 Å². The molecule has 1 atom stereocenters. The van der Waals surface area contributed by atoms with Gasteiger partial charge in [-0.15, -0.1) is 0 Å². The molecule has 0 saturated carbocycles. The van der Waals surface area contributed by atoms with Gasteiger partial charge < -0.3 is 22.9 Å². The highest BCUT2D eigenvalue weighted by Gasteiger charge is 2.13. The number of halogens is 2. The first kappa shape index (κ1) is 14.2. The average molecular weight is 249 g/mol. The Bertz CT molecular complexity index is 314. The molecule has 0 bridgehead atoms. The third-order valence-electron chi connectivity index (χ3n) is 1.87. The quantitative estimate of drug-likeness (QED) is 0.655. The van der Waals surface area contributed by atoms with Crippen LogP contribution in [0.4, 0.5) is 0 Å². The van der Waals surface area contributed by atoms with Crippen LogP contribution >= 0.6 is 11.6 Å². The van der Waals surface area contributed by atoms with Crippen LogP contribution in [-0.2, 0) is 16.0 Å². The molecule has 1 aromatic carbocycles. The van der Waals surface area contributed by atoms with Crippen molar-refractivity contribution in [2.45, 2.75) is 12.5 Å². The summed E-state index contributed by atoms with van der Waals surface area (Å²) in [5, 5.41) is 0.667. The van der Waals surface area contributed by atoms with E-state index in [9.17, 15) is 4.79 Å². The second-order valence-electron chi connectivity index (χ2n) is 2.96. The first-order valence-corrected chi connectivity index (χ1v) is 4.59. The highest BCUT2D eigenvalue weighted by molar-refractivity contribution is 6.30. The highest BCUT2D eigenvalue weighted by atomic mass is 35.5. The molecular formula is C10H12Cl2NO2-. The number of carbonyl (C=O) groups is 1. The predicted octanol–water partition coefficient (Wildman–Crippen LogP) is -1.61. The van der Waals surface area contributed by atoms with Gasteiger partial charge in [0.25, 0.3) is 0 Å². The summed E-state index contributed by atoms with van der Waals surface area (Å²) in [6.07, 6.45) is 0.462. The van der Waals surface area contributed by atoms with E-state index in [0.717, 1.165) is 5.56 Å². The molecule has 0 aliphatic rings. The second-order valence-corrected chi connectivity index (χ2v) is 3.40. The van der Waals surface area contributed by atoms with E-state index >= 15 is 0 Å². The van der Waals surface area contributed by atoms with E-state index in [1.807, 2.05) is 12.1 Å². The molecule has 5 heteroatoms. The maximum absolute atomic E-state index is 11.0. The minimum atomic E-state index is -0.610. The summed E-state index contributed by atoms with van der Waals surface area (Å²) in [7, 11) is 1.32. The van der Waals surface area contributed by atoms with Crippen molar-refractivity contribution in [2.24, 2.45) is 5.73 Å². The standard InChI is InChI=1S/C10H12ClNO2.ClH/c1-14-10(13)9(12)6-7-2-4-8(11)5-3-7;/h2-5,9H,6,12H2,1H3;1H/p-1. The van der Waals surface area contributed by atoms with E-state index in [1.54, 1.807) is 12.1 Å². The Kier molecular flexibility index (Phi) is 6.32. The largest absolute Gasteiger partial charge is 1.00 e. The second kappa shape index (κ2) is 6.67. The van der Waals surface area contributed by atoms with Crippen LogP contribution in [0.3, 0.4) is 0 Å². The van der Waals surface area contributed by atoms with Crippen LogP contribution in [-0.4, -0.2) is 19.1 Å². The van der Waals surface area contributed by atoms with Crippen molar-refractivity contribution in [2.75, 3.05) is 7.11 Å². The number of hydrogen-bond acceptors (Lipinski definition) is 3. The Hall–Kier alpha value is -0.770. The Balaban J connectivity index is 0.00000196. The molecule has 1 rings (SSSR count). The van der Waals surface area contributed by atoms with Gasteiger partial charge in [0.05, 0.1) is 7.11 Å². The van der Waals surface area contributed by atoms with E-state index < -0.39 is 12.0 Å². The number of carbonyl (C=O) groups excluding carboxylic acids is 1. The Labute approximate surface area is 100.0 Å². The maximum atomic E-state index is 11.0. The van der Waals surface area contributed by atoms with Gasteiger partial charge in [0.15, 0.2) is 0 Å². The summed E-state index contributed by atoms with van der Waals surface area (Å²) in [6, 6.07) is 6.60. The average Bonchev–Trinajstić information content (AvgIpc) is 2.20. The summed E-state index contributed by atoms with van der Waals surface area (Å²) in [6.45, 7) is 0. The monoisotopic (exact) mass is 248 g/mol. The lowest BCUT2D eigenvalue weighted by atomic mass is 10.1. The van der Waals surface area contributed by atoms with E-state index in [1.165, 1.54) is 7.11 Å². The van der Waals surface area contributed by atoms with E-state index in [-0.39, 0.29) is 12.4 Å². The van der Waals surface area contributed by atoms with Crippen molar-refractivity contribution < 1.29 is 21.9 Å². The fraction of sp³-hybridized carbons (Fsp3) is 0.300. The van der Waals surface area contributed by atoms with Gasteiger partial charge in [0, 0.05) is 5.02 Å².